The Morgan fingerprint density at radius 1 is 1.47 bits per heavy atom. The van der Waals surface area contributed by atoms with Crippen LogP contribution in [-0.2, 0) is 14.3 Å². The maximum atomic E-state index is 11.6. The normalized spacial score (nSPS) is 24.9. The molecule has 1 rings (SSSR count). The number of hydrogen-bond donors (Lipinski definition) is 2. The molecule has 0 aromatic rings. The summed E-state index contributed by atoms with van der Waals surface area (Å²) in [6.07, 6.45) is 4.88. The maximum absolute atomic E-state index is 11.6. The molecular formula is C14H22O5. The van der Waals surface area contributed by atoms with Crippen molar-refractivity contribution in [2.75, 3.05) is 13.2 Å². The molecule has 1 fully saturated rings. The predicted molar refractivity (Wildman–Crippen MR) is 69.3 cm³/mol. The van der Waals surface area contributed by atoms with Crippen molar-refractivity contribution in [3.8, 4) is 0 Å². The number of esters is 1. The summed E-state index contributed by atoms with van der Waals surface area (Å²) in [5.74, 6) is 0.0156. The minimum absolute atomic E-state index is 0.0301. The summed E-state index contributed by atoms with van der Waals surface area (Å²) in [7, 11) is 0. The lowest BCUT2D eigenvalue weighted by atomic mass is 9.90. The van der Waals surface area contributed by atoms with Crippen LogP contribution < -0.4 is 0 Å². The van der Waals surface area contributed by atoms with Gasteiger partial charge in [-0.25, -0.2) is 0 Å². The second-order valence-corrected chi connectivity index (χ2v) is 5.00. The molecule has 1 saturated carbocycles. The lowest BCUT2D eigenvalue weighted by Crippen LogP contribution is -2.23. The van der Waals surface area contributed by atoms with Gasteiger partial charge in [-0.3, -0.25) is 9.59 Å². The summed E-state index contributed by atoms with van der Waals surface area (Å²) in [6, 6.07) is 0. The van der Waals surface area contributed by atoms with Crippen molar-refractivity contribution in [1.29, 1.82) is 0 Å². The first-order valence-electron chi connectivity index (χ1n) is 6.64. The summed E-state index contributed by atoms with van der Waals surface area (Å²) < 4.78 is 4.87. The Labute approximate surface area is 113 Å². The summed E-state index contributed by atoms with van der Waals surface area (Å²) in [4.78, 5) is 23.1. The first-order chi connectivity index (χ1) is 9.06. The van der Waals surface area contributed by atoms with E-state index in [0.717, 1.165) is 6.42 Å². The molecule has 0 aliphatic heterocycles. The maximum Gasteiger partial charge on any atom is 0.306 e. The zero-order valence-corrected chi connectivity index (χ0v) is 11.2. The van der Waals surface area contributed by atoms with E-state index < -0.39 is 18.7 Å². The van der Waals surface area contributed by atoms with E-state index in [9.17, 15) is 9.59 Å². The average Bonchev–Trinajstić information content (AvgIpc) is 2.73. The fourth-order valence-electron chi connectivity index (χ4n) is 2.34. The Balaban J connectivity index is 2.40. The van der Waals surface area contributed by atoms with E-state index in [-0.39, 0.29) is 30.6 Å². The Morgan fingerprint density at radius 2 is 2.16 bits per heavy atom. The molecule has 2 N–H and O–H groups in total. The van der Waals surface area contributed by atoms with Crippen LogP contribution in [0, 0.1) is 11.8 Å². The number of rotatable bonds is 7. The van der Waals surface area contributed by atoms with Gasteiger partial charge in [-0.2, -0.15) is 0 Å². The number of carbonyl (C=O) groups is 2. The highest BCUT2D eigenvalue weighted by Crippen LogP contribution is 2.34. The van der Waals surface area contributed by atoms with Crippen molar-refractivity contribution in [2.45, 2.75) is 38.7 Å². The van der Waals surface area contributed by atoms with E-state index in [1.807, 2.05) is 19.1 Å². The van der Waals surface area contributed by atoms with Gasteiger partial charge in [0.1, 0.15) is 18.5 Å². The molecule has 0 spiro atoms. The van der Waals surface area contributed by atoms with E-state index >= 15 is 0 Å². The second-order valence-electron chi connectivity index (χ2n) is 5.00. The van der Waals surface area contributed by atoms with Gasteiger partial charge in [-0.05, 0) is 25.2 Å². The third-order valence-electron chi connectivity index (χ3n) is 3.40. The molecule has 0 aromatic carbocycles. The van der Waals surface area contributed by atoms with Gasteiger partial charge in [0.15, 0.2) is 0 Å². The largest absolute Gasteiger partial charge is 0.463 e. The van der Waals surface area contributed by atoms with E-state index in [4.69, 9.17) is 14.9 Å². The molecular weight excluding hydrogens is 248 g/mol. The van der Waals surface area contributed by atoms with Crippen LogP contribution in [0.5, 0.6) is 0 Å². The fraction of sp³-hybridized carbons (Fsp3) is 0.714. The van der Waals surface area contributed by atoms with Gasteiger partial charge in [-0.1, -0.05) is 12.2 Å². The molecule has 5 heteroatoms. The molecule has 1 aliphatic rings. The van der Waals surface area contributed by atoms with Crippen molar-refractivity contribution >= 4 is 11.8 Å². The number of allylic oxidation sites excluding steroid dienone is 2. The number of ether oxygens (including phenoxy) is 1. The van der Waals surface area contributed by atoms with Crippen LogP contribution in [0.3, 0.4) is 0 Å². The summed E-state index contributed by atoms with van der Waals surface area (Å²) >= 11 is 0. The monoisotopic (exact) mass is 270 g/mol. The fourth-order valence-corrected chi connectivity index (χ4v) is 2.34. The molecule has 0 radical (unpaired) electrons. The lowest BCUT2D eigenvalue weighted by molar-refractivity contribution is -0.148. The van der Waals surface area contributed by atoms with Gasteiger partial charge in [0.05, 0.1) is 6.61 Å². The summed E-state index contributed by atoms with van der Waals surface area (Å²) in [5.41, 5.74) is 0. The molecule has 0 saturated heterocycles. The minimum Gasteiger partial charge on any atom is -0.463 e. The Bertz CT molecular complexity index is 337. The van der Waals surface area contributed by atoms with Crippen molar-refractivity contribution < 1.29 is 24.5 Å². The Kier molecular flexibility index (Phi) is 6.73. The van der Waals surface area contributed by atoms with Crippen LogP contribution in [0.15, 0.2) is 12.2 Å². The van der Waals surface area contributed by atoms with Gasteiger partial charge in [0.2, 0.25) is 0 Å². The second kappa shape index (κ2) is 8.07. The molecule has 0 bridgehead atoms. The molecule has 0 heterocycles. The summed E-state index contributed by atoms with van der Waals surface area (Å²) in [6.45, 7) is 1.30. The highest BCUT2D eigenvalue weighted by molar-refractivity contribution is 5.82. The number of aliphatic hydroxyl groups excluding tert-OH is 2. The van der Waals surface area contributed by atoms with E-state index in [2.05, 4.69) is 0 Å². The number of ketones is 1. The van der Waals surface area contributed by atoms with Gasteiger partial charge in [-0.15, -0.1) is 0 Å². The SMILES string of the molecule is CC=CCC1CC(=O)CC1CC(=O)OCC(O)CO. The number of aliphatic hydroxyl groups is 2. The molecule has 5 nitrogen and oxygen atoms in total. The molecule has 3 unspecified atom stereocenters. The minimum atomic E-state index is -1.03. The van der Waals surface area contributed by atoms with Crippen molar-refractivity contribution in [3.05, 3.63) is 12.2 Å². The first-order valence-corrected chi connectivity index (χ1v) is 6.64. The topological polar surface area (TPSA) is 83.8 Å². The quantitative estimate of drug-likeness (QED) is 0.529. The number of carbonyl (C=O) groups excluding carboxylic acids is 2. The van der Waals surface area contributed by atoms with Crippen LogP contribution in [0.25, 0.3) is 0 Å². The van der Waals surface area contributed by atoms with Crippen LogP contribution in [0.1, 0.15) is 32.6 Å². The zero-order chi connectivity index (χ0) is 14.3. The van der Waals surface area contributed by atoms with Crippen molar-refractivity contribution in [2.24, 2.45) is 11.8 Å². The average molecular weight is 270 g/mol. The smallest absolute Gasteiger partial charge is 0.306 e. The molecule has 108 valence electrons. The molecule has 1 aliphatic carbocycles. The Morgan fingerprint density at radius 3 is 2.79 bits per heavy atom. The van der Waals surface area contributed by atoms with E-state index in [0.29, 0.717) is 12.8 Å². The lowest BCUT2D eigenvalue weighted by Gasteiger charge is -2.16. The van der Waals surface area contributed by atoms with Gasteiger partial charge in [0.25, 0.3) is 0 Å². The first kappa shape index (κ1) is 15.9. The zero-order valence-electron chi connectivity index (χ0n) is 11.2. The number of hydrogen-bond acceptors (Lipinski definition) is 5. The summed E-state index contributed by atoms with van der Waals surface area (Å²) in [5, 5.41) is 17.7. The van der Waals surface area contributed by atoms with Crippen molar-refractivity contribution in [3.63, 3.8) is 0 Å². The van der Waals surface area contributed by atoms with Crippen molar-refractivity contribution in [1.82, 2.24) is 0 Å². The molecule has 0 aromatic heterocycles. The highest BCUT2D eigenvalue weighted by Gasteiger charge is 2.33. The van der Waals surface area contributed by atoms with E-state index in [1.54, 1.807) is 0 Å². The van der Waals surface area contributed by atoms with Gasteiger partial charge in [0, 0.05) is 19.3 Å². The third kappa shape index (κ3) is 5.53. The van der Waals surface area contributed by atoms with E-state index in [1.165, 1.54) is 0 Å². The van der Waals surface area contributed by atoms with Crippen LogP contribution >= 0.6 is 0 Å². The standard InChI is InChI=1S/C14H22O5/c1-2-3-4-10-5-12(16)6-11(10)7-14(18)19-9-13(17)8-15/h2-3,10-11,13,15,17H,4-9H2,1H3. The number of Topliss-reactive ketones (excluding diaryl/α,β-unsaturated/α-hetero) is 1. The van der Waals surface area contributed by atoms with Crippen LogP contribution in [0.2, 0.25) is 0 Å². The van der Waals surface area contributed by atoms with Gasteiger partial charge >= 0.3 is 5.97 Å². The highest BCUT2D eigenvalue weighted by atomic mass is 16.5. The molecule has 19 heavy (non-hydrogen) atoms. The molecule has 0 amide bonds. The molecule has 3 atom stereocenters. The van der Waals surface area contributed by atoms with Crippen LogP contribution in [-0.4, -0.2) is 41.3 Å². The van der Waals surface area contributed by atoms with Gasteiger partial charge < -0.3 is 14.9 Å². The third-order valence-corrected chi connectivity index (χ3v) is 3.40. The predicted octanol–water partition coefficient (Wildman–Crippen LogP) is 0.834. The van der Waals surface area contributed by atoms with Crippen LogP contribution in [0.4, 0.5) is 0 Å². The Hall–Kier alpha value is -1.20.